The Morgan fingerprint density at radius 2 is 1.93 bits per heavy atom. The van der Waals surface area contributed by atoms with Crippen molar-refractivity contribution in [3.05, 3.63) is 30.1 Å². The maximum atomic E-state index is 4.36. The van der Waals surface area contributed by atoms with Gasteiger partial charge in [0.2, 0.25) is 0 Å². The van der Waals surface area contributed by atoms with Crippen molar-refractivity contribution in [1.29, 1.82) is 0 Å². The first kappa shape index (κ1) is 9.25. The maximum absolute atomic E-state index is 4.36. The zero-order chi connectivity index (χ0) is 10.3. The third-order valence-corrected chi connectivity index (χ3v) is 2.57. The second-order valence-corrected chi connectivity index (χ2v) is 4.77. The molecule has 14 heavy (non-hydrogen) atoms. The smallest absolute Gasteiger partial charge is 0.0883 e. The summed E-state index contributed by atoms with van der Waals surface area (Å²) in [5.41, 5.74) is 3.86. The summed E-state index contributed by atoms with van der Waals surface area (Å²) in [6, 6.07) is 4.17. The van der Waals surface area contributed by atoms with Gasteiger partial charge in [0.15, 0.2) is 0 Å². The average molecular weight is 188 g/mol. The van der Waals surface area contributed by atoms with Gasteiger partial charge in [-0.25, -0.2) is 0 Å². The number of nitrogens with zero attached hydrogens (tertiary/aromatic N) is 2. The van der Waals surface area contributed by atoms with E-state index in [1.165, 1.54) is 11.1 Å². The standard InChI is InChI=1S/C12H16N2/c1-12(2,3)9-5-7-13-10-6-8-14(4)11(9)10/h5-8H,1-4H3. The van der Waals surface area contributed by atoms with Crippen LogP contribution in [0.25, 0.3) is 11.0 Å². The molecule has 0 aliphatic heterocycles. The van der Waals surface area contributed by atoms with E-state index in [0.29, 0.717) is 0 Å². The summed E-state index contributed by atoms with van der Waals surface area (Å²) in [6.45, 7) is 6.69. The van der Waals surface area contributed by atoms with Crippen LogP contribution >= 0.6 is 0 Å². The number of fused-ring (bicyclic) bond motifs is 1. The van der Waals surface area contributed by atoms with Crippen molar-refractivity contribution < 1.29 is 0 Å². The second-order valence-electron chi connectivity index (χ2n) is 4.77. The number of hydrogen-bond donors (Lipinski definition) is 0. The fraction of sp³-hybridized carbons (Fsp3) is 0.417. The quantitative estimate of drug-likeness (QED) is 0.621. The number of hydrogen-bond acceptors (Lipinski definition) is 1. The van der Waals surface area contributed by atoms with Gasteiger partial charge in [-0.2, -0.15) is 0 Å². The highest BCUT2D eigenvalue weighted by Gasteiger charge is 2.18. The highest BCUT2D eigenvalue weighted by molar-refractivity contribution is 5.80. The van der Waals surface area contributed by atoms with Gasteiger partial charge in [0.25, 0.3) is 0 Å². The molecule has 2 aromatic rings. The Morgan fingerprint density at radius 1 is 1.21 bits per heavy atom. The normalized spacial score (nSPS) is 12.3. The van der Waals surface area contributed by atoms with E-state index >= 15 is 0 Å². The minimum Gasteiger partial charge on any atom is -0.349 e. The molecule has 2 heterocycles. The van der Waals surface area contributed by atoms with Crippen LogP contribution in [0.3, 0.4) is 0 Å². The fourth-order valence-corrected chi connectivity index (χ4v) is 1.82. The molecule has 0 aliphatic rings. The van der Waals surface area contributed by atoms with Crippen LogP contribution in [0.2, 0.25) is 0 Å². The van der Waals surface area contributed by atoms with E-state index < -0.39 is 0 Å². The minimum atomic E-state index is 0.174. The van der Waals surface area contributed by atoms with Crippen LogP contribution in [0.5, 0.6) is 0 Å². The first-order valence-corrected chi connectivity index (χ1v) is 4.90. The van der Waals surface area contributed by atoms with Gasteiger partial charge in [-0.15, -0.1) is 0 Å². The van der Waals surface area contributed by atoms with Crippen LogP contribution in [0.15, 0.2) is 24.5 Å². The summed E-state index contributed by atoms with van der Waals surface area (Å²) in [6.07, 6.45) is 3.95. The van der Waals surface area contributed by atoms with E-state index in [9.17, 15) is 0 Å². The molecule has 74 valence electrons. The highest BCUT2D eigenvalue weighted by atomic mass is 14.9. The molecule has 2 nitrogen and oxygen atoms in total. The van der Waals surface area contributed by atoms with Gasteiger partial charge in [-0.1, -0.05) is 20.8 Å². The third-order valence-electron chi connectivity index (χ3n) is 2.57. The molecule has 0 atom stereocenters. The molecule has 0 N–H and O–H groups in total. The largest absolute Gasteiger partial charge is 0.349 e. The van der Waals surface area contributed by atoms with E-state index in [1.807, 2.05) is 6.20 Å². The van der Waals surface area contributed by atoms with E-state index in [-0.39, 0.29) is 5.41 Å². The van der Waals surface area contributed by atoms with Gasteiger partial charge in [0.05, 0.1) is 11.0 Å². The Morgan fingerprint density at radius 3 is 2.57 bits per heavy atom. The molecule has 0 aliphatic carbocycles. The van der Waals surface area contributed by atoms with Gasteiger partial charge in [-0.3, -0.25) is 4.98 Å². The van der Waals surface area contributed by atoms with Crippen molar-refractivity contribution in [3.8, 4) is 0 Å². The summed E-state index contributed by atoms with van der Waals surface area (Å²) in [5.74, 6) is 0. The van der Waals surface area contributed by atoms with Gasteiger partial charge < -0.3 is 4.57 Å². The van der Waals surface area contributed by atoms with Crippen LogP contribution in [0.4, 0.5) is 0 Å². The Bertz CT molecular complexity index is 461. The summed E-state index contributed by atoms with van der Waals surface area (Å²) in [4.78, 5) is 4.36. The topological polar surface area (TPSA) is 17.8 Å². The predicted octanol–water partition coefficient (Wildman–Crippen LogP) is 2.87. The highest BCUT2D eigenvalue weighted by Crippen LogP contribution is 2.28. The summed E-state index contributed by atoms with van der Waals surface area (Å²) >= 11 is 0. The monoisotopic (exact) mass is 188 g/mol. The average Bonchev–Trinajstić information content (AvgIpc) is 2.46. The van der Waals surface area contributed by atoms with Crippen LogP contribution in [-0.4, -0.2) is 9.55 Å². The van der Waals surface area contributed by atoms with Crippen LogP contribution < -0.4 is 0 Å². The van der Waals surface area contributed by atoms with Gasteiger partial charge >= 0.3 is 0 Å². The van der Waals surface area contributed by atoms with Crippen LogP contribution in [0, 0.1) is 0 Å². The molecular weight excluding hydrogens is 172 g/mol. The number of aryl methyl sites for hydroxylation is 1. The van der Waals surface area contributed by atoms with Crippen molar-refractivity contribution in [2.75, 3.05) is 0 Å². The lowest BCUT2D eigenvalue weighted by Gasteiger charge is -2.20. The molecule has 0 bridgehead atoms. The molecule has 0 saturated heterocycles. The molecule has 0 fully saturated rings. The number of aromatic nitrogens is 2. The Kier molecular flexibility index (Phi) is 1.88. The molecule has 0 saturated carbocycles. The summed E-state index contributed by atoms with van der Waals surface area (Å²) in [5, 5.41) is 0. The molecule has 0 radical (unpaired) electrons. The van der Waals surface area contributed by atoms with Crippen molar-refractivity contribution in [2.45, 2.75) is 26.2 Å². The maximum Gasteiger partial charge on any atom is 0.0883 e. The lowest BCUT2D eigenvalue weighted by atomic mass is 9.87. The number of rotatable bonds is 0. The zero-order valence-corrected chi connectivity index (χ0v) is 9.20. The van der Waals surface area contributed by atoms with E-state index in [4.69, 9.17) is 0 Å². The predicted molar refractivity (Wildman–Crippen MR) is 59.4 cm³/mol. The van der Waals surface area contributed by atoms with Crippen molar-refractivity contribution in [2.24, 2.45) is 7.05 Å². The molecule has 0 spiro atoms. The van der Waals surface area contributed by atoms with Crippen LogP contribution in [-0.2, 0) is 12.5 Å². The molecule has 0 amide bonds. The van der Waals surface area contributed by atoms with E-state index in [2.05, 4.69) is 55.7 Å². The van der Waals surface area contributed by atoms with E-state index in [0.717, 1.165) is 5.52 Å². The molecule has 2 aromatic heterocycles. The first-order chi connectivity index (χ1) is 6.50. The Balaban J connectivity index is 2.82. The molecule has 2 rings (SSSR count). The van der Waals surface area contributed by atoms with Crippen molar-refractivity contribution in [3.63, 3.8) is 0 Å². The molecule has 2 heteroatoms. The van der Waals surface area contributed by atoms with Crippen molar-refractivity contribution >= 4 is 11.0 Å². The Hall–Kier alpha value is -1.31. The molecule has 0 aromatic carbocycles. The second kappa shape index (κ2) is 2.84. The van der Waals surface area contributed by atoms with E-state index in [1.54, 1.807) is 0 Å². The molecule has 0 unspecified atom stereocenters. The van der Waals surface area contributed by atoms with Gasteiger partial charge in [0, 0.05) is 19.4 Å². The fourth-order valence-electron chi connectivity index (χ4n) is 1.82. The van der Waals surface area contributed by atoms with Gasteiger partial charge in [0.1, 0.15) is 0 Å². The minimum absolute atomic E-state index is 0.174. The van der Waals surface area contributed by atoms with Gasteiger partial charge in [-0.05, 0) is 23.1 Å². The third kappa shape index (κ3) is 1.31. The van der Waals surface area contributed by atoms with Crippen molar-refractivity contribution in [1.82, 2.24) is 9.55 Å². The number of pyridine rings is 1. The first-order valence-electron chi connectivity index (χ1n) is 4.90. The summed E-state index contributed by atoms with van der Waals surface area (Å²) < 4.78 is 2.14. The molecular formula is C12H16N2. The SMILES string of the molecule is Cn1ccc2nccc(C(C)(C)C)c21. The zero-order valence-electron chi connectivity index (χ0n) is 9.20. The lowest BCUT2D eigenvalue weighted by molar-refractivity contribution is 0.592. The van der Waals surface area contributed by atoms with Crippen LogP contribution in [0.1, 0.15) is 26.3 Å². The lowest BCUT2D eigenvalue weighted by Crippen LogP contribution is -2.13. The Labute approximate surface area is 84.6 Å². The summed E-state index contributed by atoms with van der Waals surface area (Å²) in [7, 11) is 2.07.